The Balaban J connectivity index is 1.54. The summed E-state index contributed by atoms with van der Waals surface area (Å²) in [7, 11) is 0. The molecule has 3 heterocycles. The molecule has 0 saturated heterocycles. The maximum atomic E-state index is 13.9. The van der Waals surface area contributed by atoms with Crippen LogP contribution >= 0.6 is 0 Å². The number of carbonyl (C=O) groups is 2. The molecular weight excluding hydrogens is 430 g/mol. The van der Waals surface area contributed by atoms with Crippen molar-refractivity contribution in [2.24, 2.45) is 5.92 Å². The van der Waals surface area contributed by atoms with Gasteiger partial charge >= 0.3 is 0 Å². The number of ether oxygens (including phenoxy) is 1. The first-order chi connectivity index (χ1) is 16.4. The van der Waals surface area contributed by atoms with Crippen LogP contribution in [-0.2, 0) is 17.9 Å². The predicted octanol–water partition coefficient (Wildman–Crippen LogP) is 4.74. The Hall–Kier alpha value is -3.22. The Kier molecular flexibility index (Phi) is 5.88. The molecule has 0 spiro atoms. The van der Waals surface area contributed by atoms with Crippen molar-refractivity contribution < 1.29 is 18.7 Å². The van der Waals surface area contributed by atoms with E-state index in [9.17, 15) is 9.59 Å². The summed E-state index contributed by atoms with van der Waals surface area (Å²) in [5.41, 5.74) is 1.85. The highest BCUT2D eigenvalue weighted by molar-refractivity contribution is 6.03. The zero-order valence-corrected chi connectivity index (χ0v) is 20.2. The SMILES string of the molecule is CCOc1ccccc1CN1C(=O)c2cc3occc3n2C[C@]1(C)C(=O)N[C@H]1CCCC[C@@H]1C. The largest absolute Gasteiger partial charge is 0.494 e. The first kappa shape index (κ1) is 22.6. The lowest BCUT2D eigenvalue weighted by atomic mass is 9.85. The van der Waals surface area contributed by atoms with Crippen LogP contribution < -0.4 is 10.1 Å². The van der Waals surface area contributed by atoms with E-state index in [0.717, 1.165) is 36.1 Å². The van der Waals surface area contributed by atoms with Gasteiger partial charge in [-0.3, -0.25) is 9.59 Å². The molecule has 1 aliphatic heterocycles. The van der Waals surface area contributed by atoms with E-state index in [0.29, 0.717) is 30.3 Å². The van der Waals surface area contributed by atoms with Crippen molar-refractivity contribution in [3.8, 4) is 5.75 Å². The molecule has 180 valence electrons. The summed E-state index contributed by atoms with van der Waals surface area (Å²) < 4.78 is 13.3. The predicted molar refractivity (Wildman–Crippen MR) is 130 cm³/mol. The molecule has 0 bridgehead atoms. The fourth-order valence-corrected chi connectivity index (χ4v) is 5.48. The number of furan rings is 1. The standard InChI is InChI=1S/C27H33N3O4/c1-4-33-23-12-8-6-10-19(23)16-30-25(31)22-15-24-21(13-14-34-24)29(22)17-27(30,3)26(32)28-20-11-7-5-9-18(20)2/h6,8,10,12-15,18,20H,4-5,7,9,11,16-17H2,1-3H3,(H,28,32)/t18-,20-,27+/m0/s1. The number of benzene rings is 1. The number of para-hydroxylation sites is 1. The van der Waals surface area contributed by atoms with Crippen molar-refractivity contribution in [1.82, 2.24) is 14.8 Å². The number of aromatic nitrogens is 1. The summed E-state index contributed by atoms with van der Waals surface area (Å²) in [5.74, 6) is 0.870. The smallest absolute Gasteiger partial charge is 0.271 e. The number of nitrogens with zero attached hydrogens (tertiary/aromatic N) is 2. The zero-order chi connectivity index (χ0) is 23.9. The number of fused-ring (bicyclic) bond motifs is 3. The topological polar surface area (TPSA) is 76.7 Å². The van der Waals surface area contributed by atoms with Gasteiger partial charge in [-0.1, -0.05) is 38.0 Å². The minimum Gasteiger partial charge on any atom is -0.494 e. The van der Waals surface area contributed by atoms with Crippen LogP contribution in [-0.4, -0.2) is 39.5 Å². The average Bonchev–Trinajstić information content (AvgIpc) is 3.42. The van der Waals surface area contributed by atoms with Gasteiger partial charge in [0.25, 0.3) is 5.91 Å². The normalized spacial score (nSPS) is 24.8. The minimum atomic E-state index is -1.07. The first-order valence-electron chi connectivity index (χ1n) is 12.3. The van der Waals surface area contributed by atoms with Gasteiger partial charge in [0.05, 0.1) is 31.5 Å². The molecule has 5 rings (SSSR count). The molecule has 0 radical (unpaired) electrons. The van der Waals surface area contributed by atoms with Crippen molar-refractivity contribution in [2.75, 3.05) is 6.61 Å². The van der Waals surface area contributed by atoms with Crippen LogP contribution in [0.3, 0.4) is 0 Å². The molecule has 0 unspecified atom stereocenters. The monoisotopic (exact) mass is 463 g/mol. The van der Waals surface area contributed by atoms with Gasteiger partial charge in [0.15, 0.2) is 5.58 Å². The molecular formula is C27H33N3O4. The quantitative estimate of drug-likeness (QED) is 0.573. The third-order valence-electron chi connectivity index (χ3n) is 7.57. The van der Waals surface area contributed by atoms with Crippen molar-refractivity contribution in [1.29, 1.82) is 0 Å². The summed E-state index contributed by atoms with van der Waals surface area (Å²) in [5, 5.41) is 3.32. The second kappa shape index (κ2) is 8.85. The second-order valence-electron chi connectivity index (χ2n) is 9.83. The van der Waals surface area contributed by atoms with E-state index in [1.165, 1.54) is 6.42 Å². The van der Waals surface area contributed by atoms with E-state index >= 15 is 0 Å². The number of amides is 2. The lowest BCUT2D eigenvalue weighted by molar-refractivity contribution is -0.134. The Morgan fingerprint density at radius 2 is 2.03 bits per heavy atom. The average molecular weight is 464 g/mol. The Bertz CT molecular complexity index is 1210. The van der Waals surface area contributed by atoms with Gasteiger partial charge < -0.3 is 23.9 Å². The van der Waals surface area contributed by atoms with Gasteiger partial charge in [0, 0.05) is 23.7 Å². The fourth-order valence-electron chi connectivity index (χ4n) is 5.48. The zero-order valence-electron chi connectivity index (χ0n) is 20.2. The third-order valence-corrected chi connectivity index (χ3v) is 7.57. The fraction of sp³-hybridized carbons (Fsp3) is 0.481. The molecule has 2 amide bonds. The van der Waals surface area contributed by atoms with E-state index in [4.69, 9.17) is 9.15 Å². The molecule has 1 aliphatic carbocycles. The Morgan fingerprint density at radius 1 is 1.24 bits per heavy atom. The van der Waals surface area contributed by atoms with Gasteiger partial charge in [-0.05, 0) is 38.7 Å². The molecule has 1 saturated carbocycles. The van der Waals surface area contributed by atoms with Crippen LogP contribution in [0.25, 0.3) is 11.1 Å². The summed E-state index contributed by atoms with van der Waals surface area (Å²) in [4.78, 5) is 29.5. The molecule has 34 heavy (non-hydrogen) atoms. The molecule has 1 fully saturated rings. The van der Waals surface area contributed by atoms with E-state index < -0.39 is 5.54 Å². The molecule has 3 atom stereocenters. The summed E-state index contributed by atoms with van der Waals surface area (Å²) in [6, 6.07) is 11.5. The minimum absolute atomic E-state index is 0.107. The lowest BCUT2D eigenvalue weighted by Gasteiger charge is -2.45. The van der Waals surface area contributed by atoms with Crippen molar-refractivity contribution >= 4 is 22.9 Å². The molecule has 2 aromatic heterocycles. The van der Waals surface area contributed by atoms with Gasteiger partial charge in [0.2, 0.25) is 5.91 Å². The number of hydrogen-bond donors (Lipinski definition) is 1. The van der Waals surface area contributed by atoms with E-state index in [1.54, 1.807) is 17.2 Å². The van der Waals surface area contributed by atoms with Crippen LogP contribution in [0.5, 0.6) is 5.75 Å². The summed E-state index contributed by atoms with van der Waals surface area (Å²) in [6.45, 7) is 7.20. The number of nitrogens with one attached hydrogen (secondary N) is 1. The highest BCUT2D eigenvalue weighted by Gasteiger charge is 2.48. The van der Waals surface area contributed by atoms with E-state index in [1.807, 2.05) is 48.7 Å². The van der Waals surface area contributed by atoms with Crippen LogP contribution in [0.15, 0.2) is 47.1 Å². The Labute approximate surface area is 200 Å². The maximum Gasteiger partial charge on any atom is 0.271 e. The Morgan fingerprint density at radius 3 is 2.82 bits per heavy atom. The molecule has 3 aromatic rings. The number of carbonyl (C=O) groups excluding carboxylic acids is 2. The molecule has 7 heteroatoms. The van der Waals surface area contributed by atoms with Crippen LogP contribution in [0, 0.1) is 5.92 Å². The lowest BCUT2D eigenvalue weighted by Crippen LogP contribution is -2.65. The summed E-state index contributed by atoms with van der Waals surface area (Å²) >= 11 is 0. The van der Waals surface area contributed by atoms with E-state index in [2.05, 4.69) is 12.2 Å². The second-order valence-corrected chi connectivity index (χ2v) is 9.83. The van der Waals surface area contributed by atoms with Crippen LogP contribution in [0.4, 0.5) is 0 Å². The van der Waals surface area contributed by atoms with Crippen molar-refractivity contribution in [2.45, 2.75) is 71.1 Å². The molecule has 7 nitrogen and oxygen atoms in total. The molecule has 1 aromatic carbocycles. The summed E-state index contributed by atoms with van der Waals surface area (Å²) in [6.07, 6.45) is 6.03. The van der Waals surface area contributed by atoms with Crippen molar-refractivity contribution in [3.63, 3.8) is 0 Å². The highest BCUT2D eigenvalue weighted by atomic mass is 16.5. The van der Waals surface area contributed by atoms with Crippen LogP contribution in [0.1, 0.15) is 62.5 Å². The van der Waals surface area contributed by atoms with Gasteiger partial charge in [-0.2, -0.15) is 0 Å². The maximum absolute atomic E-state index is 13.9. The first-order valence-corrected chi connectivity index (χ1v) is 12.3. The molecule has 1 N–H and O–H groups in total. The van der Waals surface area contributed by atoms with E-state index in [-0.39, 0.29) is 24.4 Å². The molecule has 2 aliphatic rings. The van der Waals surface area contributed by atoms with Gasteiger partial charge in [-0.15, -0.1) is 0 Å². The van der Waals surface area contributed by atoms with Crippen LogP contribution in [0.2, 0.25) is 0 Å². The highest BCUT2D eigenvalue weighted by Crippen LogP contribution is 2.35. The van der Waals surface area contributed by atoms with Gasteiger partial charge in [0.1, 0.15) is 17.0 Å². The number of rotatable bonds is 6. The van der Waals surface area contributed by atoms with Crippen molar-refractivity contribution in [3.05, 3.63) is 53.9 Å². The number of hydrogen-bond acceptors (Lipinski definition) is 4. The van der Waals surface area contributed by atoms with Gasteiger partial charge in [-0.25, -0.2) is 0 Å². The third kappa shape index (κ3) is 3.77.